The molecule has 256 valence electrons. The zero-order chi connectivity index (χ0) is 36.3. The Balaban J connectivity index is 1.11. The number of fused-ring (bicyclic) bond motifs is 9. The molecule has 0 aliphatic rings. The average molecular weight is 702 g/mol. The number of benzene rings is 9. The summed E-state index contributed by atoms with van der Waals surface area (Å²) in [6.07, 6.45) is 0. The van der Waals surface area contributed by atoms with Crippen LogP contribution in [0.1, 0.15) is 0 Å². The number of nitrogens with zero attached hydrogens (tertiary/aromatic N) is 3. The summed E-state index contributed by atoms with van der Waals surface area (Å²) in [6, 6.07) is 65.7. The maximum absolute atomic E-state index is 6.78. The van der Waals surface area contributed by atoms with Gasteiger partial charge in [-0.05, 0) is 78.8 Å². The molecule has 0 atom stereocenters. The molecule has 2 heterocycles. The van der Waals surface area contributed by atoms with E-state index in [0.29, 0.717) is 17.5 Å². The van der Waals surface area contributed by atoms with Crippen LogP contribution in [0.5, 0.6) is 0 Å². The second-order valence-corrected chi connectivity index (χ2v) is 13.9. The molecule has 2 aromatic heterocycles. The second kappa shape index (κ2) is 12.6. The summed E-state index contributed by atoms with van der Waals surface area (Å²) in [5.41, 5.74) is 8.70. The van der Waals surface area contributed by atoms with Gasteiger partial charge in [-0.1, -0.05) is 164 Å². The highest BCUT2D eigenvalue weighted by atomic mass is 16.3. The highest BCUT2D eigenvalue weighted by Crippen LogP contribution is 2.43. The average Bonchev–Trinajstić information content (AvgIpc) is 3.66. The van der Waals surface area contributed by atoms with Crippen LogP contribution in [0.2, 0.25) is 0 Å². The minimum Gasteiger partial charge on any atom is -0.455 e. The summed E-state index contributed by atoms with van der Waals surface area (Å²) in [6.45, 7) is 0. The van der Waals surface area contributed by atoms with E-state index >= 15 is 0 Å². The fourth-order valence-corrected chi connectivity index (χ4v) is 8.15. The third-order valence-electron chi connectivity index (χ3n) is 10.7. The summed E-state index contributed by atoms with van der Waals surface area (Å²) < 4.78 is 6.78. The van der Waals surface area contributed by atoms with Gasteiger partial charge in [0.15, 0.2) is 17.5 Å². The van der Waals surface area contributed by atoms with Crippen molar-refractivity contribution in [3.8, 4) is 56.4 Å². The monoisotopic (exact) mass is 701 g/mol. The summed E-state index contributed by atoms with van der Waals surface area (Å²) in [7, 11) is 0. The first-order chi connectivity index (χ1) is 27.3. The first-order valence-corrected chi connectivity index (χ1v) is 18.5. The predicted molar refractivity (Wildman–Crippen MR) is 227 cm³/mol. The van der Waals surface area contributed by atoms with Crippen molar-refractivity contribution in [3.63, 3.8) is 0 Å². The summed E-state index contributed by atoms with van der Waals surface area (Å²) in [5, 5.41) is 9.61. The minimum absolute atomic E-state index is 0.559. The Kier molecular flexibility index (Phi) is 7.14. The molecule has 0 bridgehead atoms. The molecule has 0 radical (unpaired) electrons. The van der Waals surface area contributed by atoms with E-state index in [1.165, 1.54) is 32.3 Å². The fraction of sp³-hybridized carbons (Fsp3) is 0. The van der Waals surface area contributed by atoms with Crippen LogP contribution in [-0.2, 0) is 0 Å². The van der Waals surface area contributed by atoms with Crippen LogP contribution in [0, 0.1) is 0 Å². The van der Waals surface area contributed by atoms with Gasteiger partial charge in [0.1, 0.15) is 11.2 Å². The molecule has 11 aromatic rings. The van der Waals surface area contributed by atoms with Gasteiger partial charge in [0.05, 0.1) is 5.56 Å². The molecular formula is C51H31N3O. The highest BCUT2D eigenvalue weighted by molar-refractivity contribution is 6.26. The molecule has 9 aromatic carbocycles. The van der Waals surface area contributed by atoms with Gasteiger partial charge in [-0.2, -0.15) is 0 Å². The normalized spacial score (nSPS) is 11.6. The first kappa shape index (κ1) is 31.1. The maximum atomic E-state index is 6.78. The van der Waals surface area contributed by atoms with Crippen molar-refractivity contribution in [2.24, 2.45) is 0 Å². The number of hydrogen-bond donors (Lipinski definition) is 0. The van der Waals surface area contributed by atoms with Gasteiger partial charge < -0.3 is 4.42 Å². The largest absolute Gasteiger partial charge is 0.455 e. The molecule has 4 heteroatoms. The topological polar surface area (TPSA) is 51.8 Å². The van der Waals surface area contributed by atoms with E-state index in [2.05, 4.69) is 146 Å². The molecule has 0 spiro atoms. The number of furan rings is 1. The molecule has 0 saturated heterocycles. The maximum Gasteiger partial charge on any atom is 0.167 e. The van der Waals surface area contributed by atoms with Crippen molar-refractivity contribution in [1.82, 2.24) is 15.0 Å². The van der Waals surface area contributed by atoms with E-state index in [1.54, 1.807) is 0 Å². The predicted octanol–water partition coefficient (Wildman–Crippen LogP) is 13.6. The Morgan fingerprint density at radius 3 is 1.53 bits per heavy atom. The van der Waals surface area contributed by atoms with E-state index < -0.39 is 0 Å². The van der Waals surface area contributed by atoms with E-state index in [0.717, 1.165) is 60.9 Å². The Bertz CT molecular complexity index is 3220. The lowest BCUT2D eigenvalue weighted by Gasteiger charge is -2.12. The van der Waals surface area contributed by atoms with Crippen molar-refractivity contribution < 1.29 is 4.42 Å². The summed E-state index contributed by atoms with van der Waals surface area (Å²) in [5.74, 6) is 1.77. The zero-order valence-electron chi connectivity index (χ0n) is 29.6. The molecule has 0 N–H and O–H groups in total. The van der Waals surface area contributed by atoms with E-state index in [-0.39, 0.29) is 0 Å². The molecule has 0 saturated carbocycles. The second-order valence-electron chi connectivity index (χ2n) is 13.9. The Morgan fingerprint density at radius 2 is 0.800 bits per heavy atom. The fourth-order valence-electron chi connectivity index (χ4n) is 8.15. The molecule has 0 aliphatic carbocycles. The molecule has 11 rings (SSSR count). The van der Waals surface area contributed by atoms with Crippen LogP contribution in [-0.4, -0.2) is 15.0 Å². The molecule has 0 fully saturated rings. The third kappa shape index (κ3) is 5.19. The Morgan fingerprint density at radius 1 is 0.291 bits per heavy atom. The van der Waals surface area contributed by atoms with Crippen molar-refractivity contribution in [2.45, 2.75) is 0 Å². The van der Waals surface area contributed by atoms with Crippen LogP contribution in [0.3, 0.4) is 0 Å². The van der Waals surface area contributed by atoms with E-state index in [1.807, 2.05) is 42.5 Å². The lowest BCUT2D eigenvalue weighted by atomic mass is 9.91. The Hall–Kier alpha value is -7.43. The van der Waals surface area contributed by atoms with Gasteiger partial charge in [0.2, 0.25) is 0 Å². The van der Waals surface area contributed by atoms with Crippen LogP contribution in [0.4, 0.5) is 0 Å². The number of aromatic nitrogens is 3. The zero-order valence-corrected chi connectivity index (χ0v) is 29.6. The lowest BCUT2D eigenvalue weighted by molar-refractivity contribution is 0.669. The highest BCUT2D eigenvalue weighted by Gasteiger charge is 2.20. The smallest absolute Gasteiger partial charge is 0.167 e. The van der Waals surface area contributed by atoms with Crippen molar-refractivity contribution >= 4 is 54.3 Å². The Labute approximate surface area is 317 Å². The van der Waals surface area contributed by atoms with Gasteiger partial charge in [-0.25, -0.2) is 15.0 Å². The molecular weight excluding hydrogens is 671 g/mol. The third-order valence-corrected chi connectivity index (χ3v) is 10.7. The summed E-state index contributed by atoms with van der Waals surface area (Å²) in [4.78, 5) is 15.3. The molecule has 0 unspecified atom stereocenters. The van der Waals surface area contributed by atoms with Crippen molar-refractivity contribution in [2.75, 3.05) is 0 Å². The number of rotatable bonds is 5. The minimum atomic E-state index is 0.559. The van der Waals surface area contributed by atoms with E-state index in [9.17, 15) is 0 Å². The molecule has 0 amide bonds. The summed E-state index contributed by atoms with van der Waals surface area (Å²) >= 11 is 0. The molecule has 55 heavy (non-hydrogen) atoms. The number of hydrogen-bond acceptors (Lipinski definition) is 4. The lowest BCUT2D eigenvalue weighted by Crippen LogP contribution is -2.00. The quantitative estimate of drug-likeness (QED) is 0.168. The molecule has 4 nitrogen and oxygen atoms in total. The number of para-hydroxylation sites is 1. The van der Waals surface area contributed by atoms with Gasteiger partial charge in [-0.15, -0.1) is 0 Å². The van der Waals surface area contributed by atoms with Gasteiger partial charge in [-0.3, -0.25) is 0 Å². The standard InChI is InChI=1S/C51H31N3O/c1-3-14-32(15-4-1)34-18-11-19-36(30-34)50-52-49(33-16-5-2-6-17-33)53-51(54-50)44-26-12-25-43-47-37(24-13-27-46(47)55-48(43)44)35-28-29-42-40-22-8-7-20-38(40)39-21-9-10-23-41(39)45(42)31-35/h1-31H. The van der Waals surface area contributed by atoms with Crippen molar-refractivity contribution in [3.05, 3.63) is 188 Å². The van der Waals surface area contributed by atoms with Crippen molar-refractivity contribution in [1.29, 1.82) is 0 Å². The van der Waals surface area contributed by atoms with Gasteiger partial charge in [0, 0.05) is 21.9 Å². The van der Waals surface area contributed by atoms with E-state index in [4.69, 9.17) is 19.4 Å². The van der Waals surface area contributed by atoms with Gasteiger partial charge in [0.25, 0.3) is 0 Å². The van der Waals surface area contributed by atoms with Crippen LogP contribution in [0.15, 0.2) is 192 Å². The molecule has 0 aliphatic heterocycles. The van der Waals surface area contributed by atoms with Crippen LogP contribution >= 0.6 is 0 Å². The van der Waals surface area contributed by atoms with Crippen LogP contribution < -0.4 is 0 Å². The van der Waals surface area contributed by atoms with Crippen LogP contribution in [0.25, 0.3) is 111 Å². The first-order valence-electron chi connectivity index (χ1n) is 18.5. The SMILES string of the molecule is c1ccc(-c2cccc(-c3nc(-c4ccccc4)nc(-c4cccc5c4oc4cccc(-c6ccc7c8ccccc8c8ccccc8c7c6)c45)n3)c2)cc1. The van der Waals surface area contributed by atoms with Gasteiger partial charge >= 0.3 is 0 Å².